The predicted molar refractivity (Wildman–Crippen MR) is 174 cm³/mol. The minimum Gasteiger partial charge on any atom is -0.379 e. The van der Waals surface area contributed by atoms with Crippen LogP contribution in [0.5, 0.6) is 0 Å². The number of carbonyl (C=O) groups excluding carboxylic acids is 1. The highest BCUT2D eigenvalue weighted by Crippen LogP contribution is 2.20. The fourth-order valence-electron chi connectivity index (χ4n) is 6.09. The molecule has 2 aromatic carbocycles. The van der Waals surface area contributed by atoms with Crippen molar-refractivity contribution in [1.82, 2.24) is 29.6 Å². The molecule has 1 aromatic heterocycles. The van der Waals surface area contributed by atoms with E-state index >= 15 is 0 Å². The molecule has 3 heterocycles. The number of morpholine rings is 1. The number of hydrogen-bond acceptors (Lipinski definition) is 9. The Morgan fingerprint density at radius 1 is 1.09 bits per heavy atom. The van der Waals surface area contributed by atoms with Gasteiger partial charge in [-0.2, -0.15) is 0 Å². The van der Waals surface area contributed by atoms with Gasteiger partial charge in [0.1, 0.15) is 0 Å². The number of nitro benzene ring substituents is 1. The fourth-order valence-corrected chi connectivity index (χ4v) is 6.39. The second kappa shape index (κ2) is 14.0. The molecule has 45 heavy (non-hydrogen) atoms. The zero-order chi connectivity index (χ0) is 31.3. The summed E-state index contributed by atoms with van der Waals surface area (Å²) in [6, 6.07) is 11.6. The van der Waals surface area contributed by atoms with Crippen molar-refractivity contribution in [3.63, 3.8) is 0 Å². The molecule has 0 spiro atoms. The van der Waals surface area contributed by atoms with Crippen LogP contribution in [0.4, 0.5) is 5.69 Å². The number of non-ortho nitro benzene ring substituents is 1. The van der Waals surface area contributed by atoms with Gasteiger partial charge in [-0.15, -0.1) is 0 Å². The molecule has 6 rings (SSSR count). The molecule has 12 nitrogen and oxygen atoms in total. The Kier molecular flexibility index (Phi) is 9.61. The van der Waals surface area contributed by atoms with Crippen molar-refractivity contribution in [2.45, 2.75) is 25.7 Å². The zero-order valence-electron chi connectivity index (χ0n) is 25.0. The SMILES string of the molecule is O=C(NCC1=CCC(N2CCOCC2)C=C1)c1ccc2c(=O)n(Cc3cccc([N+](=O)[O-])c3)c(=S)n(CN3CCNCC3)c2c1. The number of aromatic nitrogens is 2. The highest BCUT2D eigenvalue weighted by Gasteiger charge is 2.21. The van der Waals surface area contributed by atoms with Crippen molar-refractivity contribution in [3.8, 4) is 0 Å². The van der Waals surface area contributed by atoms with E-state index in [0.717, 1.165) is 64.5 Å². The van der Waals surface area contributed by atoms with E-state index in [-0.39, 0.29) is 23.7 Å². The number of benzene rings is 2. The molecule has 2 fully saturated rings. The van der Waals surface area contributed by atoms with Gasteiger partial charge in [-0.1, -0.05) is 30.4 Å². The lowest BCUT2D eigenvalue weighted by Crippen LogP contribution is -2.44. The van der Waals surface area contributed by atoms with E-state index < -0.39 is 4.92 Å². The Bertz CT molecular complexity index is 1770. The largest absolute Gasteiger partial charge is 0.379 e. The second-order valence-corrected chi connectivity index (χ2v) is 11.9. The molecule has 2 N–H and O–H groups in total. The molecule has 1 amide bonds. The van der Waals surface area contributed by atoms with Crippen molar-refractivity contribution in [1.29, 1.82) is 0 Å². The van der Waals surface area contributed by atoms with Crippen LogP contribution in [0, 0.1) is 14.9 Å². The average molecular weight is 632 g/mol. The first kappa shape index (κ1) is 31.0. The Hall–Kier alpha value is -4.01. The highest BCUT2D eigenvalue weighted by molar-refractivity contribution is 7.71. The third-order valence-corrected chi connectivity index (χ3v) is 9.06. The normalized spacial score (nSPS) is 19.4. The number of rotatable bonds is 9. The van der Waals surface area contributed by atoms with Crippen molar-refractivity contribution < 1.29 is 14.5 Å². The first-order valence-corrected chi connectivity index (χ1v) is 15.7. The van der Waals surface area contributed by atoms with Crippen molar-refractivity contribution in [3.05, 3.63) is 103 Å². The van der Waals surface area contributed by atoms with E-state index in [4.69, 9.17) is 17.0 Å². The Morgan fingerprint density at radius 3 is 2.62 bits per heavy atom. The van der Waals surface area contributed by atoms with E-state index in [1.54, 1.807) is 30.3 Å². The topological polar surface area (TPSA) is 127 Å². The molecule has 2 aliphatic heterocycles. The van der Waals surface area contributed by atoms with Gasteiger partial charge in [-0.3, -0.25) is 34.1 Å². The van der Waals surface area contributed by atoms with Gasteiger partial charge in [-0.05, 0) is 48.0 Å². The fraction of sp³-hybridized carbons (Fsp3) is 0.406. The van der Waals surface area contributed by atoms with E-state index in [0.29, 0.717) is 46.1 Å². The summed E-state index contributed by atoms with van der Waals surface area (Å²) in [5.74, 6) is -0.234. The standard InChI is InChI=1S/C32H37N7O5S/c40-30(34-20-23-4-7-26(8-5-23)36-14-16-44-17-15-36)25-6-9-28-29(19-25)38(22-35-12-10-33-11-13-35)32(45)37(31(28)41)21-24-2-1-3-27(18-24)39(42)43/h1-7,9,18-19,26,33H,8,10-17,20-22H2,(H,34,40). The summed E-state index contributed by atoms with van der Waals surface area (Å²) < 4.78 is 9.13. The molecule has 0 saturated carbocycles. The summed E-state index contributed by atoms with van der Waals surface area (Å²) in [5.41, 5.74) is 2.32. The van der Waals surface area contributed by atoms with Crippen LogP contribution in [0.2, 0.25) is 0 Å². The number of nitrogens with one attached hydrogen (secondary N) is 2. The highest BCUT2D eigenvalue weighted by atomic mass is 32.1. The molecule has 13 heteroatoms. The summed E-state index contributed by atoms with van der Waals surface area (Å²) in [5, 5.41) is 18.1. The lowest BCUT2D eigenvalue weighted by atomic mass is 10.0. The summed E-state index contributed by atoms with van der Waals surface area (Å²) >= 11 is 5.88. The van der Waals surface area contributed by atoms with Crippen LogP contribution in [0.1, 0.15) is 22.3 Å². The maximum absolute atomic E-state index is 13.8. The van der Waals surface area contributed by atoms with Crippen LogP contribution < -0.4 is 16.2 Å². The quantitative estimate of drug-likeness (QED) is 0.208. The smallest absolute Gasteiger partial charge is 0.269 e. The molecule has 1 aliphatic carbocycles. The van der Waals surface area contributed by atoms with Crippen molar-refractivity contribution >= 4 is 34.7 Å². The Labute approximate surface area is 265 Å². The Morgan fingerprint density at radius 2 is 1.89 bits per heavy atom. The monoisotopic (exact) mass is 631 g/mol. The lowest BCUT2D eigenvalue weighted by molar-refractivity contribution is -0.384. The van der Waals surface area contributed by atoms with Crippen LogP contribution in [0.25, 0.3) is 10.9 Å². The first-order chi connectivity index (χ1) is 21.9. The average Bonchev–Trinajstić information content (AvgIpc) is 3.08. The van der Waals surface area contributed by atoms with Gasteiger partial charge in [0.15, 0.2) is 4.77 Å². The van der Waals surface area contributed by atoms with Crippen LogP contribution in [0.15, 0.2) is 71.1 Å². The number of nitro groups is 1. The number of fused-ring (bicyclic) bond motifs is 1. The minimum absolute atomic E-state index is 0.0481. The van der Waals surface area contributed by atoms with Gasteiger partial charge in [0.25, 0.3) is 17.2 Å². The maximum Gasteiger partial charge on any atom is 0.269 e. The summed E-state index contributed by atoms with van der Waals surface area (Å²) in [7, 11) is 0. The van der Waals surface area contributed by atoms with Gasteiger partial charge < -0.3 is 19.9 Å². The number of piperazine rings is 1. The number of amides is 1. The van der Waals surface area contributed by atoms with Gasteiger partial charge in [0.05, 0.1) is 42.3 Å². The van der Waals surface area contributed by atoms with Crippen LogP contribution in [-0.4, -0.2) is 94.8 Å². The van der Waals surface area contributed by atoms with Gasteiger partial charge in [-0.25, -0.2) is 0 Å². The molecule has 236 valence electrons. The maximum atomic E-state index is 13.8. The molecule has 1 atom stereocenters. The van der Waals surface area contributed by atoms with E-state index in [1.165, 1.54) is 16.7 Å². The van der Waals surface area contributed by atoms with E-state index in [2.05, 4.69) is 38.7 Å². The molecule has 3 aromatic rings. The van der Waals surface area contributed by atoms with Gasteiger partial charge in [0, 0.05) is 69.6 Å². The second-order valence-electron chi connectivity index (χ2n) is 11.5. The molecule has 0 radical (unpaired) electrons. The third kappa shape index (κ3) is 7.13. The molecule has 0 bridgehead atoms. The molecule has 3 aliphatic rings. The van der Waals surface area contributed by atoms with E-state index in [9.17, 15) is 19.7 Å². The Balaban J connectivity index is 1.25. The summed E-state index contributed by atoms with van der Waals surface area (Å²) in [6.07, 6.45) is 7.36. The summed E-state index contributed by atoms with van der Waals surface area (Å²) in [4.78, 5) is 42.7. The molecular formula is C32H37N7O5S. The van der Waals surface area contributed by atoms with Crippen molar-refractivity contribution in [2.75, 3.05) is 59.0 Å². The van der Waals surface area contributed by atoms with E-state index in [1.807, 2.05) is 4.57 Å². The molecule has 2 saturated heterocycles. The molecular weight excluding hydrogens is 594 g/mol. The van der Waals surface area contributed by atoms with Crippen molar-refractivity contribution in [2.24, 2.45) is 0 Å². The lowest BCUT2D eigenvalue weighted by Gasteiger charge is -2.33. The predicted octanol–water partition coefficient (Wildman–Crippen LogP) is 2.67. The number of hydrogen-bond donors (Lipinski definition) is 2. The van der Waals surface area contributed by atoms with Gasteiger partial charge >= 0.3 is 0 Å². The van der Waals surface area contributed by atoms with Crippen LogP contribution >= 0.6 is 12.2 Å². The van der Waals surface area contributed by atoms with Crippen LogP contribution in [0.3, 0.4) is 0 Å². The van der Waals surface area contributed by atoms with Gasteiger partial charge in [0.2, 0.25) is 0 Å². The minimum atomic E-state index is -0.457. The zero-order valence-corrected chi connectivity index (χ0v) is 25.8. The number of nitrogens with zero attached hydrogens (tertiary/aromatic N) is 5. The van der Waals surface area contributed by atoms with Crippen LogP contribution in [-0.2, 0) is 18.0 Å². The first-order valence-electron chi connectivity index (χ1n) is 15.3. The third-order valence-electron chi connectivity index (χ3n) is 8.62. The molecule has 1 unspecified atom stereocenters. The number of ether oxygens (including phenoxy) is 1. The number of carbonyl (C=O) groups is 1. The summed E-state index contributed by atoms with van der Waals surface area (Å²) in [6.45, 7) is 7.61.